The monoisotopic (exact) mass is 357 g/mol. The van der Waals surface area contributed by atoms with Crippen molar-refractivity contribution in [2.75, 3.05) is 13.2 Å². The number of aryl methyl sites for hydroxylation is 2. The fourth-order valence-corrected chi connectivity index (χ4v) is 3.04. The van der Waals surface area contributed by atoms with Crippen LogP contribution in [-0.2, 0) is 13.0 Å². The molecule has 0 aliphatic rings. The van der Waals surface area contributed by atoms with Crippen LogP contribution < -0.4 is 10.5 Å². The molecule has 25 heavy (non-hydrogen) atoms. The van der Waals surface area contributed by atoms with Crippen LogP contribution in [-0.4, -0.2) is 22.7 Å². The van der Waals surface area contributed by atoms with Gasteiger partial charge >= 0.3 is 0 Å². The normalized spacial score (nSPS) is 11.1. The number of hydrogen-bond donors (Lipinski definition) is 1. The highest BCUT2D eigenvalue weighted by molar-refractivity contribution is 6.30. The molecule has 0 unspecified atom stereocenters. The highest BCUT2D eigenvalue weighted by Crippen LogP contribution is 2.19. The molecule has 0 atom stereocenters. The zero-order chi connectivity index (χ0) is 17.5. The van der Waals surface area contributed by atoms with Crippen molar-refractivity contribution in [1.82, 2.24) is 9.55 Å². The lowest BCUT2D eigenvalue weighted by molar-refractivity contribution is 0.303. The zero-order valence-electron chi connectivity index (χ0n) is 14.3. The van der Waals surface area contributed by atoms with Gasteiger partial charge < -0.3 is 15.0 Å². The largest absolute Gasteiger partial charge is 0.494 e. The first-order chi connectivity index (χ1) is 12.3. The minimum atomic E-state index is 0.693. The van der Waals surface area contributed by atoms with Crippen LogP contribution >= 0.6 is 11.6 Å². The smallest absolute Gasteiger partial charge is 0.119 e. The summed E-state index contributed by atoms with van der Waals surface area (Å²) in [7, 11) is 0. The van der Waals surface area contributed by atoms with Gasteiger partial charge in [0.15, 0.2) is 0 Å². The fourth-order valence-electron chi connectivity index (χ4n) is 2.92. The molecule has 3 rings (SSSR count). The summed E-state index contributed by atoms with van der Waals surface area (Å²) in [6, 6.07) is 15.8. The lowest BCUT2D eigenvalue weighted by Crippen LogP contribution is -2.08. The van der Waals surface area contributed by atoms with Gasteiger partial charge in [-0.1, -0.05) is 23.7 Å². The number of hydrogen-bond acceptors (Lipinski definition) is 3. The Bertz CT molecular complexity index is 798. The van der Waals surface area contributed by atoms with Gasteiger partial charge in [0, 0.05) is 18.0 Å². The minimum absolute atomic E-state index is 0.693. The Kier molecular flexibility index (Phi) is 6.31. The second-order valence-corrected chi connectivity index (χ2v) is 6.51. The number of imidazole rings is 1. The van der Waals surface area contributed by atoms with E-state index >= 15 is 0 Å². The van der Waals surface area contributed by atoms with Crippen molar-refractivity contribution in [1.29, 1.82) is 0 Å². The molecule has 0 bridgehead atoms. The highest BCUT2D eigenvalue weighted by atomic mass is 35.5. The molecule has 2 aromatic carbocycles. The van der Waals surface area contributed by atoms with Gasteiger partial charge in [0.05, 0.1) is 17.6 Å². The first kappa shape index (κ1) is 17.8. The van der Waals surface area contributed by atoms with E-state index in [4.69, 9.17) is 27.1 Å². The first-order valence-electron chi connectivity index (χ1n) is 8.80. The molecule has 0 saturated carbocycles. The van der Waals surface area contributed by atoms with Crippen molar-refractivity contribution in [3.63, 3.8) is 0 Å². The second-order valence-electron chi connectivity index (χ2n) is 6.07. The van der Waals surface area contributed by atoms with Crippen molar-refractivity contribution in [2.45, 2.75) is 32.2 Å². The molecule has 0 aliphatic heterocycles. The third-order valence-electron chi connectivity index (χ3n) is 4.20. The van der Waals surface area contributed by atoms with Crippen LogP contribution in [0.1, 0.15) is 25.1 Å². The van der Waals surface area contributed by atoms with Crippen LogP contribution in [0.5, 0.6) is 5.75 Å². The summed E-state index contributed by atoms with van der Waals surface area (Å²) < 4.78 is 8.09. The number of nitrogens with two attached hydrogens (primary N) is 1. The topological polar surface area (TPSA) is 53.1 Å². The molecule has 0 radical (unpaired) electrons. The van der Waals surface area contributed by atoms with E-state index in [9.17, 15) is 0 Å². The fraction of sp³-hybridized carbons (Fsp3) is 0.350. The Morgan fingerprint density at radius 2 is 1.80 bits per heavy atom. The van der Waals surface area contributed by atoms with Gasteiger partial charge in [0.2, 0.25) is 0 Å². The Hall–Kier alpha value is -2.04. The second kappa shape index (κ2) is 8.88. The Morgan fingerprint density at radius 3 is 2.60 bits per heavy atom. The van der Waals surface area contributed by atoms with Gasteiger partial charge in [-0.15, -0.1) is 0 Å². The molecule has 5 heteroatoms. The van der Waals surface area contributed by atoms with Crippen molar-refractivity contribution in [2.24, 2.45) is 5.73 Å². The van der Waals surface area contributed by atoms with Gasteiger partial charge in [-0.25, -0.2) is 4.98 Å². The molecule has 0 fully saturated rings. The van der Waals surface area contributed by atoms with Crippen molar-refractivity contribution >= 4 is 22.6 Å². The van der Waals surface area contributed by atoms with Crippen molar-refractivity contribution < 1.29 is 4.74 Å². The molecule has 1 heterocycles. The number of ether oxygens (including phenoxy) is 1. The molecule has 0 spiro atoms. The summed E-state index contributed by atoms with van der Waals surface area (Å²) >= 11 is 5.88. The first-order valence-corrected chi connectivity index (χ1v) is 9.18. The Labute approximate surface area is 153 Å². The highest BCUT2D eigenvalue weighted by Gasteiger charge is 2.09. The maximum absolute atomic E-state index is 5.88. The summed E-state index contributed by atoms with van der Waals surface area (Å²) in [5, 5.41) is 0.726. The summed E-state index contributed by atoms with van der Waals surface area (Å²) in [6.07, 6.45) is 3.92. The molecule has 132 valence electrons. The van der Waals surface area contributed by atoms with Gasteiger partial charge in [0.25, 0.3) is 0 Å². The third-order valence-corrected chi connectivity index (χ3v) is 4.45. The van der Waals surface area contributed by atoms with Gasteiger partial charge in [-0.3, -0.25) is 0 Å². The lowest BCUT2D eigenvalue weighted by atomic mass is 10.2. The van der Waals surface area contributed by atoms with Crippen LogP contribution in [0.4, 0.5) is 0 Å². The quantitative estimate of drug-likeness (QED) is 0.576. The van der Waals surface area contributed by atoms with Crippen LogP contribution in [0.15, 0.2) is 48.5 Å². The standard InChI is InChI=1S/C20H24ClN3O/c21-16-9-11-17(12-10-16)25-15-4-3-14-24-19-7-2-1-6-18(19)23-20(24)8-5-13-22/h1-2,6-7,9-12H,3-5,8,13-15,22H2. The van der Waals surface area contributed by atoms with Crippen LogP contribution in [0.25, 0.3) is 11.0 Å². The van der Waals surface area contributed by atoms with Gasteiger partial charge in [-0.05, 0) is 62.2 Å². The van der Waals surface area contributed by atoms with E-state index in [2.05, 4.69) is 22.8 Å². The van der Waals surface area contributed by atoms with Crippen molar-refractivity contribution in [3.05, 3.63) is 59.4 Å². The number of nitrogens with zero attached hydrogens (tertiary/aromatic N) is 2. The Balaban J connectivity index is 1.55. The van der Waals surface area contributed by atoms with Gasteiger partial charge in [0.1, 0.15) is 11.6 Å². The lowest BCUT2D eigenvalue weighted by Gasteiger charge is -2.10. The molecule has 1 aromatic heterocycles. The molecule has 2 N–H and O–H groups in total. The summed E-state index contributed by atoms with van der Waals surface area (Å²) in [6.45, 7) is 2.34. The van der Waals surface area contributed by atoms with Crippen LogP contribution in [0, 0.1) is 0 Å². The van der Waals surface area contributed by atoms with E-state index in [0.29, 0.717) is 13.2 Å². The number of aromatic nitrogens is 2. The van der Waals surface area contributed by atoms with Crippen LogP contribution in [0.2, 0.25) is 5.02 Å². The van der Waals surface area contributed by atoms with Crippen molar-refractivity contribution in [3.8, 4) is 5.75 Å². The summed E-state index contributed by atoms with van der Waals surface area (Å²) in [5.74, 6) is 1.99. The zero-order valence-corrected chi connectivity index (χ0v) is 15.1. The molecule has 0 saturated heterocycles. The molecular weight excluding hydrogens is 334 g/mol. The average molecular weight is 358 g/mol. The summed E-state index contributed by atoms with van der Waals surface area (Å²) in [4.78, 5) is 4.77. The average Bonchev–Trinajstić information content (AvgIpc) is 2.99. The number of rotatable bonds is 9. The van der Waals surface area contributed by atoms with Gasteiger partial charge in [-0.2, -0.15) is 0 Å². The predicted octanol–water partition coefficient (Wildman–Crippen LogP) is 4.44. The predicted molar refractivity (Wildman–Crippen MR) is 103 cm³/mol. The van der Waals surface area contributed by atoms with E-state index in [0.717, 1.165) is 54.3 Å². The number of fused-ring (bicyclic) bond motifs is 1. The third kappa shape index (κ3) is 4.74. The number of benzene rings is 2. The maximum Gasteiger partial charge on any atom is 0.119 e. The molecule has 0 amide bonds. The van der Waals surface area contributed by atoms with E-state index in [1.807, 2.05) is 30.3 Å². The molecule has 3 aromatic rings. The molecular formula is C20H24ClN3O. The SMILES string of the molecule is NCCCc1nc2ccccc2n1CCCCOc1ccc(Cl)cc1. The van der Waals surface area contributed by atoms with E-state index in [-0.39, 0.29) is 0 Å². The van der Waals surface area contributed by atoms with E-state index in [1.165, 1.54) is 5.52 Å². The minimum Gasteiger partial charge on any atom is -0.494 e. The molecule has 4 nitrogen and oxygen atoms in total. The molecule has 0 aliphatic carbocycles. The number of halogens is 1. The number of unbranched alkanes of at least 4 members (excludes halogenated alkanes) is 1. The van der Waals surface area contributed by atoms with Crippen LogP contribution in [0.3, 0.4) is 0 Å². The number of para-hydroxylation sites is 2. The van der Waals surface area contributed by atoms with E-state index in [1.54, 1.807) is 0 Å². The van der Waals surface area contributed by atoms with E-state index < -0.39 is 0 Å². The Morgan fingerprint density at radius 1 is 1.00 bits per heavy atom. The maximum atomic E-state index is 5.88. The summed E-state index contributed by atoms with van der Waals surface area (Å²) in [5.41, 5.74) is 7.93.